The second kappa shape index (κ2) is 6.86. The van der Waals surface area contributed by atoms with E-state index in [1.165, 1.54) is 0 Å². The summed E-state index contributed by atoms with van der Waals surface area (Å²) in [7, 11) is 2.04. The molecule has 0 atom stereocenters. The van der Waals surface area contributed by atoms with Gasteiger partial charge >= 0.3 is 0 Å². The SMILES string of the molecule is Cc1cc(C)c2c(oc3c(C#N)c(-c4ccccc4)ccc32)c1-c1cccc[n+]1C. The van der Waals surface area contributed by atoms with Gasteiger partial charge in [0.1, 0.15) is 24.3 Å². The van der Waals surface area contributed by atoms with Gasteiger partial charge in [-0.2, -0.15) is 5.26 Å². The van der Waals surface area contributed by atoms with Crippen molar-refractivity contribution in [1.82, 2.24) is 0 Å². The topological polar surface area (TPSA) is 40.8 Å². The lowest BCUT2D eigenvalue weighted by atomic mass is 9.94. The Balaban J connectivity index is 1.92. The summed E-state index contributed by atoms with van der Waals surface area (Å²) in [5.41, 5.74) is 8.44. The number of aryl methyl sites for hydroxylation is 3. The zero-order valence-electron chi connectivity index (χ0n) is 17.2. The van der Waals surface area contributed by atoms with E-state index in [1.54, 1.807) is 0 Å². The lowest BCUT2D eigenvalue weighted by molar-refractivity contribution is -0.660. The van der Waals surface area contributed by atoms with Crippen molar-refractivity contribution >= 4 is 21.9 Å². The van der Waals surface area contributed by atoms with Crippen molar-refractivity contribution in [3.63, 3.8) is 0 Å². The Labute approximate surface area is 175 Å². The van der Waals surface area contributed by atoms with E-state index in [1.807, 2.05) is 61.8 Å². The first-order valence-electron chi connectivity index (χ1n) is 10.00. The highest BCUT2D eigenvalue weighted by atomic mass is 16.3. The average Bonchev–Trinajstić information content (AvgIpc) is 3.14. The van der Waals surface area contributed by atoms with Crippen LogP contribution in [0.15, 0.2) is 77.3 Å². The van der Waals surface area contributed by atoms with Gasteiger partial charge in [-0.3, -0.25) is 0 Å². The van der Waals surface area contributed by atoms with Crippen LogP contribution in [0.2, 0.25) is 0 Å². The van der Waals surface area contributed by atoms with E-state index in [0.29, 0.717) is 11.1 Å². The monoisotopic (exact) mass is 389 g/mol. The van der Waals surface area contributed by atoms with Gasteiger partial charge in [0, 0.05) is 28.5 Å². The summed E-state index contributed by atoms with van der Waals surface area (Å²) in [6.07, 6.45) is 2.04. The summed E-state index contributed by atoms with van der Waals surface area (Å²) in [5, 5.41) is 12.1. The number of hydrogen-bond acceptors (Lipinski definition) is 2. The fourth-order valence-electron chi connectivity index (χ4n) is 4.45. The number of hydrogen-bond donors (Lipinski definition) is 0. The molecule has 5 rings (SSSR count). The molecular formula is C27H21N2O+. The smallest absolute Gasteiger partial charge is 0.216 e. The molecule has 0 aliphatic carbocycles. The molecule has 0 bridgehead atoms. The molecule has 2 aromatic heterocycles. The third kappa shape index (κ3) is 2.62. The van der Waals surface area contributed by atoms with Crippen LogP contribution in [0.1, 0.15) is 16.7 Å². The minimum absolute atomic E-state index is 0.579. The number of aromatic nitrogens is 1. The van der Waals surface area contributed by atoms with Gasteiger partial charge in [-0.05, 0) is 42.7 Å². The molecule has 0 fully saturated rings. The van der Waals surface area contributed by atoms with Crippen LogP contribution in [0.3, 0.4) is 0 Å². The summed E-state index contributed by atoms with van der Waals surface area (Å²) in [5.74, 6) is 0. The minimum atomic E-state index is 0.579. The van der Waals surface area contributed by atoms with Crippen LogP contribution in [-0.4, -0.2) is 0 Å². The predicted octanol–water partition coefficient (Wildman–Crippen LogP) is 6.23. The van der Waals surface area contributed by atoms with Gasteiger partial charge in [-0.15, -0.1) is 0 Å². The van der Waals surface area contributed by atoms with Crippen molar-refractivity contribution in [2.45, 2.75) is 13.8 Å². The van der Waals surface area contributed by atoms with Crippen molar-refractivity contribution < 1.29 is 8.98 Å². The van der Waals surface area contributed by atoms with Gasteiger partial charge in [0.05, 0.1) is 5.56 Å². The number of pyridine rings is 1. The van der Waals surface area contributed by atoms with E-state index in [0.717, 1.165) is 49.9 Å². The standard InChI is InChI=1S/C27H21N2O/c1-17-15-18(2)25(23-11-7-8-14-29(23)3)27-24(17)21-13-12-20(19-9-5-4-6-10-19)22(16-28)26(21)30-27/h4-15H,1-3H3/q+1. The summed E-state index contributed by atoms with van der Waals surface area (Å²) < 4.78 is 8.61. The van der Waals surface area contributed by atoms with Crippen LogP contribution in [0.25, 0.3) is 44.3 Å². The van der Waals surface area contributed by atoms with Crippen molar-refractivity contribution in [1.29, 1.82) is 5.26 Å². The van der Waals surface area contributed by atoms with Gasteiger partial charge in [0.25, 0.3) is 0 Å². The summed E-state index contributed by atoms with van der Waals surface area (Å²) >= 11 is 0. The van der Waals surface area contributed by atoms with E-state index in [-0.39, 0.29) is 0 Å². The van der Waals surface area contributed by atoms with Crippen molar-refractivity contribution in [3.05, 3.63) is 89.6 Å². The molecule has 0 aliphatic heterocycles. The lowest BCUT2D eigenvalue weighted by Crippen LogP contribution is -2.30. The maximum absolute atomic E-state index is 10.0. The number of benzene rings is 3. The number of furan rings is 1. The number of nitriles is 1. The summed E-state index contributed by atoms with van der Waals surface area (Å²) in [4.78, 5) is 0. The van der Waals surface area contributed by atoms with Gasteiger partial charge < -0.3 is 4.42 Å². The Hall–Kier alpha value is -3.90. The number of fused-ring (bicyclic) bond motifs is 3. The zero-order valence-corrected chi connectivity index (χ0v) is 17.2. The molecule has 0 N–H and O–H groups in total. The first-order valence-corrected chi connectivity index (χ1v) is 10.00. The van der Waals surface area contributed by atoms with E-state index in [9.17, 15) is 5.26 Å². The predicted molar refractivity (Wildman–Crippen MR) is 120 cm³/mol. The quantitative estimate of drug-likeness (QED) is 0.336. The zero-order chi connectivity index (χ0) is 20.8. The highest BCUT2D eigenvalue weighted by Gasteiger charge is 2.23. The molecule has 0 saturated carbocycles. The average molecular weight is 389 g/mol. The molecule has 0 spiro atoms. The van der Waals surface area contributed by atoms with Gasteiger partial charge in [-0.1, -0.05) is 42.5 Å². The van der Waals surface area contributed by atoms with Gasteiger partial charge in [0.15, 0.2) is 11.8 Å². The summed E-state index contributed by atoms with van der Waals surface area (Å²) in [6, 6.07) is 24.9. The first kappa shape index (κ1) is 18.1. The highest BCUT2D eigenvalue weighted by Crippen LogP contribution is 2.41. The fraction of sp³-hybridized carbons (Fsp3) is 0.111. The number of rotatable bonds is 2. The first-order chi connectivity index (χ1) is 14.6. The maximum Gasteiger partial charge on any atom is 0.216 e. The molecule has 3 heteroatoms. The van der Waals surface area contributed by atoms with E-state index in [2.05, 4.69) is 42.7 Å². The molecule has 0 amide bonds. The number of nitrogens with zero attached hydrogens (tertiary/aromatic N) is 2. The van der Waals surface area contributed by atoms with Crippen molar-refractivity contribution in [2.75, 3.05) is 0 Å². The van der Waals surface area contributed by atoms with E-state index in [4.69, 9.17) is 4.42 Å². The molecule has 0 unspecified atom stereocenters. The van der Waals surface area contributed by atoms with Crippen LogP contribution in [-0.2, 0) is 7.05 Å². The highest BCUT2D eigenvalue weighted by molar-refractivity contribution is 6.13. The molecule has 2 heterocycles. The van der Waals surface area contributed by atoms with Crippen molar-refractivity contribution in [3.8, 4) is 28.5 Å². The molecule has 3 nitrogen and oxygen atoms in total. The summed E-state index contributed by atoms with van der Waals surface area (Å²) in [6.45, 7) is 4.22. The fourth-order valence-corrected chi connectivity index (χ4v) is 4.45. The Morgan fingerprint density at radius 3 is 2.37 bits per heavy atom. The van der Waals surface area contributed by atoms with Crippen LogP contribution in [0.4, 0.5) is 0 Å². The Kier molecular flexibility index (Phi) is 4.15. The van der Waals surface area contributed by atoms with Gasteiger partial charge in [0.2, 0.25) is 5.69 Å². The van der Waals surface area contributed by atoms with Crippen LogP contribution in [0.5, 0.6) is 0 Å². The Morgan fingerprint density at radius 2 is 1.63 bits per heavy atom. The van der Waals surface area contributed by atoms with E-state index >= 15 is 0 Å². The van der Waals surface area contributed by atoms with Crippen LogP contribution < -0.4 is 4.57 Å². The van der Waals surface area contributed by atoms with Crippen molar-refractivity contribution in [2.24, 2.45) is 7.05 Å². The normalized spacial score (nSPS) is 11.1. The molecule has 30 heavy (non-hydrogen) atoms. The minimum Gasteiger partial charge on any atom is -0.454 e. The largest absolute Gasteiger partial charge is 0.454 e. The lowest BCUT2D eigenvalue weighted by Gasteiger charge is -2.07. The molecule has 3 aromatic carbocycles. The second-order valence-corrected chi connectivity index (χ2v) is 7.73. The molecular weight excluding hydrogens is 368 g/mol. The maximum atomic E-state index is 10.0. The Bertz CT molecular complexity index is 1470. The third-order valence-electron chi connectivity index (χ3n) is 5.81. The molecule has 144 valence electrons. The van der Waals surface area contributed by atoms with Crippen LogP contribution >= 0.6 is 0 Å². The molecule has 5 aromatic rings. The third-order valence-corrected chi connectivity index (χ3v) is 5.81. The molecule has 0 radical (unpaired) electrons. The van der Waals surface area contributed by atoms with Gasteiger partial charge in [-0.25, -0.2) is 4.57 Å². The van der Waals surface area contributed by atoms with Crippen LogP contribution in [0, 0.1) is 25.2 Å². The second-order valence-electron chi connectivity index (χ2n) is 7.73. The van der Waals surface area contributed by atoms with E-state index < -0.39 is 0 Å². The molecule has 0 saturated heterocycles. The Morgan fingerprint density at radius 1 is 0.867 bits per heavy atom. The molecule has 0 aliphatic rings.